The van der Waals surface area contributed by atoms with Gasteiger partial charge in [-0.15, -0.1) is 0 Å². The Labute approximate surface area is 118 Å². The van der Waals surface area contributed by atoms with Crippen LogP contribution in [0.2, 0.25) is 0 Å². The number of benzene rings is 1. The van der Waals surface area contributed by atoms with Gasteiger partial charge in [0.15, 0.2) is 0 Å². The monoisotopic (exact) mass is 299 g/mol. The molecule has 1 aromatic carbocycles. The highest BCUT2D eigenvalue weighted by Crippen LogP contribution is 2.18. The van der Waals surface area contributed by atoms with E-state index in [0.717, 1.165) is 6.42 Å². The number of nitrogens with one attached hydrogen (secondary N) is 1. The predicted molar refractivity (Wildman–Crippen MR) is 78.4 cm³/mol. The summed E-state index contributed by atoms with van der Waals surface area (Å²) in [6.45, 7) is 2.38. The van der Waals surface area contributed by atoms with Crippen molar-refractivity contribution >= 4 is 27.5 Å². The zero-order valence-corrected chi connectivity index (χ0v) is 12.5. The minimum absolute atomic E-state index is 0.0268. The van der Waals surface area contributed by atoms with Gasteiger partial charge in [0.05, 0.1) is 10.5 Å². The quantitative estimate of drug-likeness (QED) is 0.777. The molecule has 1 unspecified atom stereocenters. The van der Waals surface area contributed by atoms with E-state index in [1.165, 1.54) is 18.2 Å². The Morgan fingerprint density at radius 2 is 2.21 bits per heavy atom. The summed E-state index contributed by atoms with van der Waals surface area (Å²) < 4.78 is 26.7. The summed E-state index contributed by atoms with van der Waals surface area (Å²) in [5.41, 5.74) is 5.96. The van der Waals surface area contributed by atoms with Crippen LogP contribution in [0.4, 0.5) is 5.69 Å². The van der Waals surface area contributed by atoms with E-state index < -0.39 is 10.0 Å². The maximum absolute atomic E-state index is 12.1. The largest absolute Gasteiger partial charge is 0.399 e. The molecule has 0 aliphatic carbocycles. The Bertz CT molecular complexity index is 579. The molecule has 7 heteroatoms. The van der Waals surface area contributed by atoms with E-state index in [9.17, 15) is 8.42 Å². The van der Waals surface area contributed by atoms with E-state index >= 15 is 0 Å². The summed E-state index contributed by atoms with van der Waals surface area (Å²) in [6.07, 6.45) is 2.71. The van der Waals surface area contributed by atoms with Gasteiger partial charge in [-0.05, 0) is 30.9 Å². The molecule has 19 heavy (non-hydrogen) atoms. The Hall–Kier alpha value is -1.23. The summed E-state index contributed by atoms with van der Waals surface area (Å²) in [7, 11) is -3.66. The Morgan fingerprint density at radius 3 is 2.79 bits per heavy atom. The number of hydrogen-bond acceptors (Lipinski definition) is 5. The van der Waals surface area contributed by atoms with Gasteiger partial charge in [0, 0.05) is 17.5 Å². The molecule has 0 aliphatic heterocycles. The van der Waals surface area contributed by atoms with Crippen molar-refractivity contribution in [3.63, 3.8) is 0 Å². The molecule has 0 bridgehead atoms. The zero-order valence-electron chi connectivity index (χ0n) is 10.9. The summed E-state index contributed by atoms with van der Waals surface area (Å²) in [4.78, 5) is -0.0268. The van der Waals surface area contributed by atoms with Gasteiger partial charge in [-0.3, -0.25) is 0 Å². The van der Waals surface area contributed by atoms with Crippen LogP contribution in [0, 0.1) is 11.3 Å². The van der Waals surface area contributed by atoms with Crippen molar-refractivity contribution in [2.24, 2.45) is 0 Å². The summed E-state index contributed by atoms with van der Waals surface area (Å²) in [5.74, 6) is 0. The van der Waals surface area contributed by atoms with Crippen molar-refractivity contribution in [2.45, 2.75) is 23.5 Å². The molecule has 0 saturated heterocycles. The first-order valence-electron chi connectivity index (χ1n) is 5.72. The van der Waals surface area contributed by atoms with Gasteiger partial charge in [0.2, 0.25) is 10.0 Å². The number of hydrogen-bond donors (Lipinski definition) is 2. The zero-order chi connectivity index (χ0) is 14.5. The van der Waals surface area contributed by atoms with Crippen molar-refractivity contribution in [2.75, 3.05) is 18.5 Å². The molecule has 0 spiro atoms. The number of nitriles is 1. The topological polar surface area (TPSA) is 96.0 Å². The standard InChI is InChI=1S/C12H17N3O2S2/c1-9(18-2)5-6-15-19(16,17)12-4-3-11(14)7-10(12)8-13/h3-4,7,9,15H,5-6,14H2,1-2H3. The Balaban J connectivity index is 2.87. The molecular formula is C12H17N3O2S2. The molecular weight excluding hydrogens is 282 g/mol. The highest BCUT2D eigenvalue weighted by Gasteiger charge is 2.18. The number of sulfonamides is 1. The number of rotatable bonds is 6. The van der Waals surface area contributed by atoms with Crippen LogP contribution in [0.5, 0.6) is 0 Å². The third-order valence-corrected chi connectivity index (χ3v) is 5.22. The third kappa shape index (κ3) is 4.42. The van der Waals surface area contributed by atoms with E-state index in [1.54, 1.807) is 11.8 Å². The lowest BCUT2D eigenvalue weighted by atomic mass is 10.2. The molecule has 1 aromatic rings. The third-order valence-electron chi connectivity index (χ3n) is 2.66. The minimum atomic E-state index is -3.66. The van der Waals surface area contributed by atoms with Gasteiger partial charge in [-0.1, -0.05) is 6.92 Å². The van der Waals surface area contributed by atoms with Gasteiger partial charge in [0.25, 0.3) is 0 Å². The van der Waals surface area contributed by atoms with Crippen molar-refractivity contribution in [3.8, 4) is 6.07 Å². The molecule has 5 nitrogen and oxygen atoms in total. The van der Waals surface area contributed by atoms with Crippen LogP contribution < -0.4 is 10.5 Å². The highest BCUT2D eigenvalue weighted by molar-refractivity contribution is 7.99. The maximum Gasteiger partial charge on any atom is 0.241 e. The van der Waals surface area contributed by atoms with Crippen molar-refractivity contribution in [1.29, 1.82) is 5.26 Å². The number of nitrogen functional groups attached to an aromatic ring is 1. The average Bonchev–Trinajstić information content (AvgIpc) is 2.37. The molecule has 104 valence electrons. The normalized spacial score (nSPS) is 12.9. The molecule has 3 N–H and O–H groups in total. The van der Waals surface area contributed by atoms with Crippen LogP contribution in [0.15, 0.2) is 23.1 Å². The second kappa shape index (κ2) is 6.80. The van der Waals surface area contributed by atoms with Crippen LogP contribution in [0.3, 0.4) is 0 Å². The van der Waals surface area contributed by atoms with E-state index in [4.69, 9.17) is 11.0 Å². The fourth-order valence-electron chi connectivity index (χ4n) is 1.46. The van der Waals surface area contributed by atoms with Crippen LogP contribution in [0.25, 0.3) is 0 Å². The molecule has 0 aromatic heterocycles. The van der Waals surface area contributed by atoms with Gasteiger partial charge < -0.3 is 5.73 Å². The molecule has 1 rings (SSSR count). The highest BCUT2D eigenvalue weighted by atomic mass is 32.2. The van der Waals surface area contributed by atoms with E-state index in [1.807, 2.05) is 19.2 Å². The van der Waals surface area contributed by atoms with Crippen LogP contribution in [0.1, 0.15) is 18.9 Å². The van der Waals surface area contributed by atoms with Gasteiger partial charge in [-0.25, -0.2) is 13.1 Å². The number of anilines is 1. The smallest absolute Gasteiger partial charge is 0.241 e. The number of nitrogens with zero attached hydrogens (tertiary/aromatic N) is 1. The first-order valence-corrected chi connectivity index (χ1v) is 8.50. The summed E-state index contributed by atoms with van der Waals surface area (Å²) in [6, 6.07) is 6.04. The fourth-order valence-corrected chi connectivity index (χ4v) is 3.00. The minimum Gasteiger partial charge on any atom is -0.399 e. The fraction of sp³-hybridized carbons (Fsp3) is 0.417. The average molecular weight is 299 g/mol. The number of nitrogens with two attached hydrogens (primary N) is 1. The SMILES string of the molecule is CSC(C)CCNS(=O)(=O)c1ccc(N)cc1C#N. The van der Waals surface area contributed by atoms with Gasteiger partial charge in [0.1, 0.15) is 6.07 Å². The first kappa shape index (κ1) is 15.8. The molecule has 0 fully saturated rings. The second-order valence-corrected chi connectivity index (χ2v) is 7.11. The van der Waals surface area contributed by atoms with E-state index in [2.05, 4.69) is 4.72 Å². The van der Waals surface area contributed by atoms with Crippen LogP contribution in [-0.4, -0.2) is 26.5 Å². The van der Waals surface area contributed by atoms with Gasteiger partial charge >= 0.3 is 0 Å². The lowest BCUT2D eigenvalue weighted by Gasteiger charge is -2.11. The first-order chi connectivity index (χ1) is 8.90. The molecule has 0 heterocycles. The Kier molecular flexibility index (Phi) is 5.66. The Morgan fingerprint density at radius 1 is 1.53 bits per heavy atom. The van der Waals surface area contributed by atoms with Gasteiger partial charge in [-0.2, -0.15) is 17.0 Å². The molecule has 0 saturated carbocycles. The lowest BCUT2D eigenvalue weighted by Crippen LogP contribution is -2.27. The molecule has 0 radical (unpaired) electrons. The molecule has 0 amide bonds. The predicted octanol–water partition coefficient (Wildman–Crippen LogP) is 1.56. The lowest BCUT2D eigenvalue weighted by molar-refractivity contribution is 0.579. The summed E-state index contributed by atoms with van der Waals surface area (Å²) >= 11 is 1.68. The molecule has 0 aliphatic rings. The van der Waals surface area contributed by atoms with Crippen molar-refractivity contribution < 1.29 is 8.42 Å². The van der Waals surface area contributed by atoms with Crippen LogP contribution >= 0.6 is 11.8 Å². The maximum atomic E-state index is 12.1. The van der Waals surface area contributed by atoms with Crippen molar-refractivity contribution in [3.05, 3.63) is 23.8 Å². The van der Waals surface area contributed by atoms with Crippen LogP contribution in [-0.2, 0) is 10.0 Å². The van der Waals surface area contributed by atoms with E-state index in [-0.39, 0.29) is 10.5 Å². The second-order valence-electron chi connectivity index (χ2n) is 4.10. The summed E-state index contributed by atoms with van der Waals surface area (Å²) in [5, 5.41) is 9.34. The van der Waals surface area contributed by atoms with E-state index in [0.29, 0.717) is 17.5 Å². The molecule has 1 atom stereocenters. The van der Waals surface area contributed by atoms with Crippen molar-refractivity contribution in [1.82, 2.24) is 4.72 Å². The number of thioether (sulfide) groups is 1.